The molecule has 120 valence electrons. The van der Waals surface area contributed by atoms with Crippen molar-refractivity contribution in [3.05, 3.63) is 35.1 Å². The van der Waals surface area contributed by atoms with Crippen LogP contribution in [0.4, 0.5) is 5.69 Å². The summed E-state index contributed by atoms with van der Waals surface area (Å²) < 4.78 is 7.54. The second-order valence-electron chi connectivity index (χ2n) is 6.20. The van der Waals surface area contributed by atoms with Crippen molar-refractivity contribution < 1.29 is 9.53 Å². The van der Waals surface area contributed by atoms with Crippen molar-refractivity contribution in [3.8, 4) is 5.75 Å². The summed E-state index contributed by atoms with van der Waals surface area (Å²) in [7, 11) is 0. The fourth-order valence-electron chi connectivity index (χ4n) is 2.80. The minimum atomic E-state index is -0.175. The highest BCUT2D eigenvalue weighted by atomic mass is 35.5. The van der Waals surface area contributed by atoms with E-state index in [0.717, 1.165) is 6.54 Å². The van der Waals surface area contributed by atoms with Gasteiger partial charge in [-0.1, -0.05) is 22.9 Å². The maximum Gasteiger partial charge on any atom is 0.280 e. The van der Waals surface area contributed by atoms with E-state index in [1.54, 1.807) is 21.8 Å². The van der Waals surface area contributed by atoms with E-state index in [1.165, 1.54) is 12.8 Å². The molecule has 1 amide bonds. The van der Waals surface area contributed by atoms with Crippen LogP contribution in [0.5, 0.6) is 5.75 Å². The standard InChI is InChI=1S/C16H17ClN4O2/c1-10-7-21(14-4-2-3-12(17)15(14)23-10)16(22)13-9-20(19-18-13)8-11-5-6-11/h2-4,9-11H,5-8H2,1H3/t10-/m0/s1. The molecule has 1 saturated carbocycles. The third-order valence-electron chi connectivity index (χ3n) is 4.14. The summed E-state index contributed by atoms with van der Waals surface area (Å²) in [4.78, 5) is 14.5. The lowest BCUT2D eigenvalue weighted by Gasteiger charge is -2.33. The topological polar surface area (TPSA) is 60.2 Å². The summed E-state index contributed by atoms with van der Waals surface area (Å²) in [5.74, 6) is 1.06. The summed E-state index contributed by atoms with van der Waals surface area (Å²) in [5, 5.41) is 8.61. The fourth-order valence-corrected chi connectivity index (χ4v) is 3.02. The van der Waals surface area contributed by atoms with Crippen LogP contribution in [0, 0.1) is 5.92 Å². The fraction of sp³-hybridized carbons (Fsp3) is 0.438. The normalized spacial score (nSPS) is 20.1. The Morgan fingerprint density at radius 3 is 3.04 bits per heavy atom. The molecule has 4 rings (SSSR count). The van der Waals surface area contributed by atoms with Gasteiger partial charge in [-0.05, 0) is 37.8 Å². The van der Waals surface area contributed by atoms with Crippen LogP contribution < -0.4 is 9.64 Å². The van der Waals surface area contributed by atoms with Crippen LogP contribution in [-0.2, 0) is 6.54 Å². The van der Waals surface area contributed by atoms with Gasteiger partial charge in [0.1, 0.15) is 6.10 Å². The molecule has 1 aliphatic heterocycles. The number of rotatable bonds is 3. The average molecular weight is 333 g/mol. The number of benzene rings is 1. The van der Waals surface area contributed by atoms with E-state index in [9.17, 15) is 4.79 Å². The zero-order valence-electron chi connectivity index (χ0n) is 12.8. The Labute approximate surface area is 139 Å². The first-order valence-corrected chi connectivity index (χ1v) is 8.17. The van der Waals surface area contributed by atoms with Gasteiger partial charge in [-0.2, -0.15) is 0 Å². The highest BCUT2D eigenvalue weighted by Crippen LogP contribution is 2.39. The smallest absolute Gasteiger partial charge is 0.280 e. The SMILES string of the molecule is C[C@H]1CN(C(=O)c2cn(CC3CC3)nn2)c2cccc(Cl)c2O1. The minimum absolute atomic E-state index is 0.132. The quantitative estimate of drug-likeness (QED) is 0.867. The number of para-hydroxylation sites is 1. The number of halogens is 1. The Balaban J connectivity index is 1.63. The molecule has 7 heteroatoms. The molecule has 2 heterocycles. The molecule has 0 N–H and O–H groups in total. The van der Waals surface area contributed by atoms with Crippen LogP contribution in [0.3, 0.4) is 0 Å². The number of hydrogen-bond donors (Lipinski definition) is 0. The van der Waals surface area contributed by atoms with E-state index in [0.29, 0.717) is 34.6 Å². The van der Waals surface area contributed by atoms with Gasteiger partial charge in [0.05, 0.1) is 23.5 Å². The molecule has 1 fully saturated rings. The second kappa shape index (κ2) is 5.53. The molecule has 0 saturated heterocycles. The van der Waals surface area contributed by atoms with Gasteiger partial charge in [0.25, 0.3) is 5.91 Å². The van der Waals surface area contributed by atoms with Crippen molar-refractivity contribution in [2.75, 3.05) is 11.4 Å². The molecule has 1 atom stereocenters. The maximum absolute atomic E-state index is 12.8. The van der Waals surface area contributed by atoms with E-state index in [1.807, 2.05) is 19.1 Å². The Bertz CT molecular complexity index is 756. The Morgan fingerprint density at radius 1 is 1.43 bits per heavy atom. The number of fused-ring (bicyclic) bond motifs is 1. The van der Waals surface area contributed by atoms with Crippen molar-refractivity contribution in [2.24, 2.45) is 5.92 Å². The first-order chi connectivity index (χ1) is 11.1. The van der Waals surface area contributed by atoms with Gasteiger partial charge < -0.3 is 4.74 Å². The lowest BCUT2D eigenvalue weighted by Crippen LogP contribution is -2.42. The van der Waals surface area contributed by atoms with Crippen LogP contribution in [0.2, 0.25) is 5.02 Å². The Morgan fingerprint density at radius 2 is 2.26 bits per heavy atom. The van der Waals surface area contributed by atoms with Crippen LogP contribution in [0.25, 0.3) is 0 Å². The Kier molecular flexibility index (Phi) is 3.49. The predicted molar refractivity (Wildman–Crippen MR) is 86.0 cm³/mol. The predicted octanol–water partition coefficient (Wildman–Crippen LogP) is 2.77. The van der Waals surface area contributed by atoms with Gasteiger partial charge in [-0.25, -0.2) is 0 Å². The van der Waals surface area contributed by atoms with E-state index in [-0.39, 0.29) is 12.0 Å². The Hall–Kier alpha value is -2.08. The van der Waals surface area contributed by atoms with E-state index in [4.69, 9.17) is 16.3 Å². The third kappa shape index (κ3) is 2.79. The first-order valence-electron chi connectivity index (χ1n) is 7.79. The van der Waals surface area contributed by atoms with Crippen LogP contribution in [0.15, 0.2) is 24.4 Å². The summed E-state index contributed by atoms with van der Waals surface area (Å²) in [6.45, 7) is 3.21. The molecule has 6 nitrogen and oxygen atoms in total. The molecule has 1 aromatic carbocycles. The largest absolute Gasteiger partial charge is 0.485 e. The zero-order chi connectivity index (χ0) is 16.0. The van der Waals surface area contributed by atoms with Crippen molar-refractivity contribution in [3.63, 3.8) is 0 Å². The van der Waals surface area contributed by atoms with Gasteiger partial charge >= 0.3 is 0 Å². The number of anilines is 1. The first kappa shape index (κ1) is 14.5. The van der Waals surface area contributed by atoms with Crippen LogP contribution in [-0.4, -0.2) is 33.5 Å². The molecule has 2 aliphatic rings. The molecule has 2 aromatic rings. The maximum atomic E-state index is 12.8. The van der Waals surface area contributed by atoms with Gasteiger partial charge in [-0.3, -0.25) is 14.4 Å². The van der Waals surface area contributed by atoms with Gasteiger partial charge in [0.15, 0.2) is 11.4 Å². The van der Waals surface area contributed by atoms with Crippen LogP contribution >= 0.6 is 11.6 Å². The summed E-state index contributed by atoms with van der Waals surface area (Å²) in [5.41, 5.74) is 1.03. The number of nitrogens with zero attached hydrogens (tertiary/aromatic N) is 4. The highest BCUT2D eigenvalue weighted by molar-refractivity contribution is 6.32. The number of carbonyl (C=O) groups is 1. The molecular formula is C16H17ClN4O2. The van der Waals surface area contributed by atoms with Crippen molar-refractivity contribution in [2.45, 2.75) is 32.4 Å². The molecule has 23 heavy (non-hydrogen) atoms. The van der Waals surface area contributed by atoms with Gasteiger partial charge in [-0.15, -0.1) is 5.10 Å². The molecule has 0 unspecified atom stereocenters. The number of aromatic nitrogens is 3. The molecule has 0 spiro atoms. The van der Waals surface area contributed by atoms with Crippen molar-refractivity contribution in [1.29, 1.82) is 0 Å². The van der Waals surface area contributed by atoms with Crippen molar-refractivity contribution >= 4 is 23.2 Å². The molecular weight excluding hydrogens is 316 g/mol. The number of hydrogen-bond acceptors (Lipinski definition) is 4. The number of carbonyl (C=O) groups excluding carboxylic acids is 1. The van der Waals surface area contributed by atoms with E-state index in [2.05, 4.69) is 10.3 Å². The number of ether oxygens (including phenoxy) is 1. The minimum Gasteiger partial charge on any atom is -0.485 e. The summed E-state index contributed by atoms with van der Waals surface area (Å²) >= 11 is 6.20. The highest BCUT2D eigenvalue weighted by Gasteiger charge is 2.31. The summed E-state index contributed by atoms with van der Waals surface area (Å²) in [6.07, 6.45) is 4.06. The molecule has 0 radical (unpaired) electrons. The monoisotopic (exact) mass is 332 g/mol. The third-order valence-corrected chi connectivity index (χ3v) is 4.44. The second-order valence-corrected chi connectivity index (χ2v) is 6.61. The summed E-state index contributed by atoms with van der Waals surface area (Å²) in [6, 6.07) is 5.40. The van der Waals surface area contributed by atoms with Crippen LogP contribution in [0.1, 0.15) is 30.3 Å². The van der Waals surface area contributed by atoms with Gasteiger partial charge in [0.2, 0.25) is 0 Å². The lowest BCUT2D eigenvalue weighted by atomic mass is 10.2. The average Bonchev–Trinajstić information content (AvgIpc) is 3.22. The van der Waals surface area contributed by atoms with Gasteiger partial charge in [0, 0.05) is 6.54 Å². The lowest BCUT2D eigenvalue weighted by molar-refractivity contribution is 0.0956. The molecule has 1 aromatic heterocycles. The zero-order valence-corrected chi connectivity index (χ0v) is 13.5. The molecule has 0 bridgehead atoms. The molecule has 1 aliphatic carbocycles. The van der Waals surface area contributed by atoms with E-state index >= 15 is 0 Å². The van der Waals surface area contributed by atoms with E-state index < -0.39 is 0 Å². The number of amides is 1. The van der Waals surface area contributed by atoms with Crippen molar-refractivity contribution in [1.82, 2.24) is 15.0 Å².